The van der Waals surface area contributed by atoms with E-state index in [4.69, 9.17) is 0 Å². The van der Waals surface area contributed by atoms with Crippen LogP contribution in [0.5, 0.6) is 0 Å². The smallest absolute Gasteiger partial charge is 0.0800 e. The van der Waals surface area contributed by atoms with Crippen LogP contribution in [0.15, 0.2) is 0 Å². The van der Waals surface area contributed by atoms with Gasteiger partial charge in [0.05, 0.1) is 10.6 Å². The lowest BCUT2D eigenvalue weighted by atomic mass is 10.2. The molecule has 1 unspecified atom stereocenters. The van der Waals surface area contributed by atoms with Crippen LogP contribution < -0.4 is 10.6 Å². The summed E-state index contributed by atoms with van der Waals surface area (Å²) in [4.78, 5) is 1.28. The predicted octanol–water partition coefficient (Wildman–Crippen LogP) is 2.21. The molecule has 5 heteroatoms. The molecule has 104 valence electrons. The van der Waals surface area contributed by atoms with Crippen LogP contribution in [0.2, 0.25) is 0 Å². The van der Waals surface area contributed by atoms with Gasteiger partial charge < -0.3 is 10.6 Å². The van der Waals surface area contributed by atoms with E-state index in [-0.39, 0.29) is 0 Å². The summed E-state index contributed by atoms with van der Waals surface area (Å²) in [5.41, 5.74) is 1.16. The van der Waals surface area contributed by atoms with Crippen molar-refractivity contribution >= 4 is 11.5 Å². The summed E-state index contributed by atoms with van der Waals surface area (Å²) in [5.74, 6) is 0.707. The van der Waals surface area contributed by atoms with Crippen LogP contribution in [0.4, 0.5) is 0 Å². The van der Waals surface area contributed by atoms with E-state index >= 15 is 0 Å². The number of nitrogens with zero attached hydrogens (tertiary/aromatic N) is 2. The third kappa shape index (κ3) is 5.89. The highest BCUT2D eigenvalue weighted by Crippen LogP contribution is 2.12. The third-order valence-electron chi connectivity index (χ3n) is 2.74. The second-order valence-electron chi connectivity index (χ2n) is 5.23. The van der Waals surface area contributed by atoms with Gasteiger partial charge in [0.1, 0.15) is 0 Å². The van der Waals surface area contributed by atoms with Crippen molar-refractivity contribution in [2.45, 2.75) is 53.1 Å². The molecule has 1 heterocycles. The molecule has 4 nitrogen and oxygen atoms in total. The molecule has 0 saturated heterocycles. The standard InChI is InChI=1S/C13H26N4S/c1-5-6-12-13(18-17-16-12)9-15-11(4)8-14-7-10(2)3/h10-11,14-15H,5-9H2,1-4H3. The molecule has 0 aliphatic carbocycles. The van der Waals surface area contributed by atoms with E-state index in [1.165, 1.54) is 16.4 Å². The van der Waals surface area contributed by atoms with Gasteiger partial charge in [0.2, 0.25) is 0 Å². The molecule has 0 amide bonds. The maximum Gasteiger partial charge on any atom is 0.0800 e. The quantitative estimate of drug-likeness (QED) is 0.722. The van der Waals surface area contributed by atoms with Crippen LogP contribution in [-0.2, 0) is 13.0 Å². The number of rotatable bonds is 9. The highest BCUT2D eigenvalue weighted by Gasteiger charge is 2.08. The van der Waals surface area contributed by atoms with E-state index in [9.17, 15) is 0 Å². The molecule has 0 radical (unpaired) electrons. The molecular formula is C13H26N4S. The lowest BCUT2D eigenvalue weighted by Crippen LogP contribution is -2.37. The Hall–Kier alpha value is -0.520. The van der Waals surface area contributed by atoms with Crippen molar-refractivity contribution in [1.29, 1.82) is 0 Å². The van der Waals surface area contributed by atoms with E-state index < -0.39 is 0 Å². The Morgan fingerprint density at radius 3 is 2.67 bits per heavy atom. The van der Waals surface area contributed by atoms with Crippen molar-refractivity contribution in [2.75, 3.05) is 13.1 Å². The number of aryl methyl sites for hydroxylation is 1. The van der Waals surface area contributed by atoms with Gasteiger partial charge in [0, 0.05) is 19.1 Å². The molecule has 1 aromatic rings. The Morgan fingerprint density at radius 1 is 1.22 bits per heavy atom. The lowest BCUT2D eigenvalue weighted by Gasteiger charge is -2.15. The van der Waals surface area contributed by atoms with Crippen LogP contribution in [0.1, 0.15) is 44.7 Å². The van der Waals surface area contributed by atoms with Crippen molar-refractivity contribution in [3.63, 3.8) is 0 Å². The maximum atomic E-state index is 4.18. The number of hydrogen-bond donors (Lipinski definition) is 2. The molecule has 0 fully saturated rings. The third-order valence-corrected chi connectivity index (χ3v) is 3.50. The van der Waals surface area contributed by atoms with Gasteiger partial charge >= 0.3 is 0 Å². The molecule has 1 aromatic heterocycles. The summed E-state index contributed by atoms with van der Waals surface area (Å²) in [6.07, 6.45) is 2.16. The zero-order valence-electron chi connectivity index (χ0n) is 12.0. The lowest BCUT2D eigenvalue weighted by molar-refractivity contribution is 0.472. The first-order valence-corrected chi connectivity index (χ1v) is 7.65. The van der Waals surface area contributed by atoms with E-state index in [0.29, 0.717) is 12.0 Å². The van der Waals surface area contributed by atoms with Crippen molar-refractivity contribution in [3.05, 3.63) is 10.6 Å². The minimum absolute atomic E-state index is 0.473. The first-order valence-electron chi connectivity index (χ1n) is 6.87. The van der Waals surface area contributed by atoms with Gasteiger partial charge in [-0.3, -0.25) is 0 Å². The summed E-state index contributed by atoms with van der Waals surface area (Å²) in [7, 11) is 0. The van der Waals surface area contributed by atoms with Gasteiger partial charge in [0.25, 0.3) is 0 Å². The Labute approximate surface area is 115 Å². The molecule has 0 aromatic carbocycles. The molecule has 0 aliphatic heterocycles. The molecule has 18 heavy (non-hydrogen) atoms. The highest BCUT2D eigenvalue weighted by molar-refractivity contribution is 7.05. The second-order valence-corrected chi connectivity index (χ2v) is 6.07. The largest absolute Gasteiger partial charge is 0.315 e. The summed E-state index contributed by atoms with van der Waals surface area (Å²) in [6, 6.07) is 0.473. The van der Waals surface area contributed by atoms with Crippen molar-refractivity contribution in [3.8, 4) is 0 Å². The minimum Gasteiger partial charge on any atom is -0.315 e. The first-order chi connectivity index (χ1) is 8.63. The molecule has 2 N–H and O–H groups in total. The Morgan fingerprint density at radius 2 is 2.00 bits per heavy atom. The van der Waals surface area contributed by atoms with Gasteiger partial charge in [-0.1, -0.05) is 31.7 Å². The van der Waals surface area contributed by atoms with Crippen LogP contribution in [0, 0.1) is 5.92 Å². The molecule has 0 aliphatic rings. The van der Waals surface area contributed by atoms with E-state index in [0.717, 1.165) is 38.2 Å². The first kappa shape index (κ1) is 15.5. The molecule has 1 rings (SSSR count). The zero-order valence-corrected chi connectivity index (χ0v) is 12.8. The minimum atomic E-state index is 0.473. The Bertz CT molecular complexity index is 325. The van der Waals surface area contributed by atoms with Gasteiger partial charge in [-0.15, -0.1) is 5.10 Å². The number of nitrogens with one attached hydrogen (secondary N) is 2. The van der Waals surface area contributed by atoms with Gasteiger partial charge in [0.15, 0.2) is 0 Å². The topological polar surface area (TPSA) is 49.8 Å². The molecule has 1 atom stereocenters. The second kappa shape index (κ2) is 8.56. The average Bonchev–Trinajstić information content (AvgIpc) is 2.74. The normalized spacial score (nSPS) is 13.2. The van der Waals surface area contributed by atoms with Crippen LogP contribution >= 0.6 is 11.5 Å². The van der Waals surface area contributed by atoms with E-state index in [1.54, 1.807) is 0 Å². The SMILES string of the molecule is CCCc1nnsc1CNC(C)CNCC(C)C. The van der Waals surface area contributed by atoms with Crippen molar-refractivity contribution in [1.82, 2.24) is 20.2 Å². The van der Waals surface area contributed by atoms with Crippen LogP contribution in [-0.4, -0.2) is 28.7 Å². The van der Waals surface area contributed by atoms with Gasteiger partial charge in [-0.2, -0.15) is 0 Å². The Kier molecular flexibility index (Phi) is 7.39. The average molecular weight is 270 g/mol. The number of hydrogen-bond acceptors (Lipinski definition) is 5. The number of aromatic nitrogens is 2. The maximum absolute atomic E-state index is 4.18. The van der Waals surface area contributed by atoms with Crippen molar-refractivity contribution in [2.24, 2.45) is 5.92 Å². The fourth-order valence-electron chi connectivity index (χ4n) is 1.72. The predicted molar refractivity (Wildman–Crippen MR) is 77.9 cm³/mol. The Balaban J connectivity index is 2.24. The van der Waals surface area contributed by atoms with Crippen LogP contribution in [0.3, 0.4) is 0 Å². The molecule has 0 spiro atoms. The van der Waals surface area contributed by atoms with Gasteiger partial charge in [-0.05, 0) is 37.3 Å². The van der Waals surface area contributed by atoms with E-state index in [1.807, 2.05) is 0 Å². The van der Waals surface area contributed by atoms with Gasteiger partial charge in [-0.25, -0.2) is 0 Å². The molecule has 0 saturated carbocycles. The monoisotopic (exact) mass is 270 g/mol. The van der Waals surface area contributed by atoms with Crippen molar-refractivity contribution < 1.29 is 0 Å². The zero-order chi connectivity index (χ0) is 13.4. The molecule has 0 bridgehead atoms. The highest BCUT2D eigenvalue weighted by atomic mass is 32.1. The summed E-state index contributed by atoms with van der Waals surface area (Å²) >= 11 is 1.52. The van der Waals surface area contributed by atoms with E-state index in [2.05, 4.69) is 47.9 Å². The fraction of sp³-hybridized carbons (Fsp3) is 0.846. The molecular weight excluding hydrogens is 244 g/mol. The van der Waals surface area contributed by atoms with Crippen LogP contribution in [0.25, 0.3) is 0 Å². The summed E-state index contributed by atoms with van der Waals surface area (Å²) < 4.78 is 4.04. The summed E-state index contributed by atoms with van der Waals surface area (Å²) in [6.45, 7) is 11.8. The fourth-order valence-corrected chi connectivity index (χ4v) is 2.35. The summed E-state index contributed by atoms with van der Waals surface area (Å²) in [5, 5.41) is 11.2.